The van der Waals surface area contributed by atoms with Crippen molar-refractivity contribution >= 4 is 29.0 Å². The summed E-state index contributed by atoms with van der Waals surface area (Å²) in [6.07, 6.45) is 2.83. The number of methoxy groups -OCH3 is 1. The van der Waals surface area contributed by atoms with Gasteiger partial charge < -0.3 is 34.6 Å². The lowest BCUT2D eigenvalue weighted by atomic mass is 9.85. The van der Waals surface area contributed by atoms with Crippen LogP contribution in [0, 0.1) is 0 Å². The molecule has 2 fully saturated rings. The third-order valence-electron chi connectivity index (χ3n) is 8.29. The molecule has 3 aromatic rings. The Morgan fingerprint density at radius 3 is 2.76 bits per heavy atom. The number of nitrogens with zero attached hydrogens (tertiary/aromatic N) is 5. The van der Waals surface area contributed by atoms with Crippen molar-refractivity contribution in [1.82, 2.24) is 20.3 Å². The summed E-state index contributed by atoms with van der Waals surface area (Å²) >= 11 is 0. The van der Waals surface area contributed by atoms with Gasteiger partial charge in [-0.3, -0.25) is 0 Å². The summed E-state index contributed by atoms with van der Waals surface area (Å²) in [7, 11) is 1.73. The topological polar surface area (TPSA) is 96.9 Å². The number of rotatable bonds is 9. The molecule has 2 saturated heterocycles. The maximum atomic E-state index is 6.27. The van der Waals surface area contributed by atoms with Gasteiger partial charge in [0.15, 0.2) is 0 Å². The number of likely N-dealkylation sites (N-methyl/N-ethyl adjacent to an activating group) is 1. The van der Waals surface area contributed by atoms with E-state index in [1.807, 2.05) is 6.20 Å². The fourth-order valence-electron chi connectivity index (χ4n) is 6.11. The van der Waals surface area contributed by atoms with Crippen molar-refractivity contribution in [1.29, 1.82) is 0 Å². The van der Waals surface area contributed by atoms with Gasteiger partial charge in [0.25, 0.3) is 0 Å². The first-order valence-corrected chi connectivity index (χ1v) is 14.6. The van der Waals surface area contributed by atoms with Crippen molar-refractivity contribution in [2.45, 2.75) is 50.8 Å². The minimum absolute atomic E-state index is 0.0800. The number of pyridine rings is 1. The molecule has 41 heavy (non-hydrogen) atoms. The van der Waals surface area contributed by atoms with Gasteiger partial charge in [0.2, 0.25) is 5.95 Å². The molecule has 0 saturated carbocycles. The van der Waals surface area contributed by atoms with Gasteiger partial charge in [-0.05, 0) is 63.6 Å². The third kappa shape index (κ3) is 5.88. The van der Waals surface area contributed by atoms with Gasteiger partial charge in [-0.1, -0.05) is 6.07 Å². The van der Waals surface area contributed by atoms with Crippen molar-refractivity contribution < 1.29 is 14.2 Å². The smallest absolute Gasteiger partial charge is 0.229 e. The quantitative estimate of drug-likeness (QED) is 0.389. The zero-order valence-electron chi connectivity index (χ0n) is 24.5. The van der Waals surface area contributed by atoms with Gasteiger partial charge in [0.1, 0.15) is 11.6 Å². The molecule has 1 aromatic carbocycles. The molecule has 0 radical (unpaired) electrons. The van der Waals surface area contributed by atoms with Crippen molar-refractivity contribution in [3.8, 4) is 0 Å². The Bertz CT molecular complexity index is 1330. The maximum absolute atomic E-state index is 6.27. The van der Waals surface area contributed by atoms with Crippen LogP contribution in [-0.2, 0) is 14.2 Å². The Kier molecular flexibility index (Phi) is 8.07. The van der Waals surface area contributed by atoms with E-state index in [-0.39, 0.29) is 23.6 Å². The SMILES string of the molecule is CCN(CCOC)c1ccc(Nc2ncc3c(n2)N(c2cccc(C4COCCN4)n2)C2CC(C)(C)OCC32)cc1. The van der Waals surface area contributed by atoms with Gasteiger partial charge in [-0.15, -0.1) is 0 Å². The molecule has 0 amide bonds. The minimum atomic E-state index is -0.232. The van der Waals surface area contributed by atoms with Crippen LogP contribution in [0.15, 0.2) is 48.7 Å². The summed E-state index contributed by atoms with van der Waals surface area (Å²) in [4.78, 5) is 19.5. The molecule has 2 aromatic heterocycles. The molecule has 3 atom stereocenters. The Balaban J connectivity index is 1.29. The minimum Gasteiger partial charge on any atom is -0.383 e. The normalized spacial score (nSPS) is 23.1. The largest absolute Gasteiger partial charge is 0.383 e. The van der Waals surface area contributed by atoms with Crippen molar-refractivity contribution in [3.05, 3.63) is 59.9 Å². The van der Waals surface area contributed by atoms with Crippen LogP contribution in [0.5, 0.6) is 0 Å². The number of nitrogens with one attached hydrogen (secondary N) is 2. The monoisotopic (exact) mass is 559 g/mol. The number of aromatic nitrogens is 3. The van der Waals surface area contributed by atoms with Gasteiger partial charge in [0.05, 0.1) is 43.8 Å². The van der Waals surface area contributed by atoms with E-state index in [4.69, 9.17) is 29.2 Å². The summed E-state index contributed by atoms with van der Waals surface area (Å²) in [5.74, 6) is 2.53. The lowest BCUT2D eigenvalue weighted by Gasteiger charge is -2.41. The molecule has 5 heterocycles. The van der Waals surface area contributed by atoms with E-state index in [0.29, 0.717) is 25.8 Å². The third-order valence-corrected chi connectivity index (χ3v) is 8.29. The molecule has 218 valence electrons. The summed E-state index contributed by atoms with van der Waals surface area (Å²) in [5, 5.41) is 6.96. The number of hydrogen-bond donors (Lipinski definition) is 2. The Labute approximate surface area is 242 Å². The number of anilines is 5. The van der Waals surface area contributed by atoms with E-state index in [2.05, 4.69) is 83.7 Å². The van der Waals surface area contributed by atoms with Crippen molar-refractivity contribution in [2.24, 2.45) is 0 Å². The predicted octanol–water partition coefficient (Wildman–Crippen LogP) is 4.55. The molecule has 0 bridgehead atoms. The first-order chi connectivity index (χ1) is 20.0. The molecule has 3 unspecified atom stereocenters. The molecule has 0 aliphatic carbocycles. The lowest BCUT2D eigenvalue weighted by Crippen LogP contribution is -2.45. The van der Waals surface area contributed by atoms with Crippen LogP contribution in [0.25, 0.3) is 0 Å². The Hall–Kier alpha value is -3.31. The second kappa shape index (κ2) is 11.9. The van der Waals surface area contributed by atoms with Gasteiger partial charge in [-0.2, -0.15) is 4.98 Å². The summed E-state index contributed by atoms with van der Waals surface area (Å²) in [5.41, 5.74) is 3.95. The fraction of sp³-hybridized carbons (Fsp3) is 0.516. The average molecular weight is 560 g/mol. The van der Waals surface area contributed by atoms with E-state index in [9.17, 15) is 0 Å². The molecule has 3 aliphatic heterocycles. The average Bonchev–Trinajstić information content (AvgIpc) is 3.30. The van der Waals surface area contributed by atoms with Crippen LogP contribution < -0.4 is 20.4 Å². The van der Waals surface area contributed by atoms with Crippen LogP contribution in [0.4, 0.5) is 29.0 Å². The van der Waals surface area contributed by atoms with E-state index in [0.717, 1.165) is 66.9 Å². The van der Waals surface area contributed by atoms with E-state index >= 15 is 0 Å². The van der Waals surface area contributed by atoms with Crippen LogP contribution in [0.1, 0.15) is 50.4 Å². The predicted molar refractivity (Wildman–Crippen MR) is 161 cm³/mol. The number of ether oxygens (including phenoxy) is 3. The number of hydrogen-bond acceptors (Lipinski definition) is 10. The van der Waals surface area contributed by atoms with Gasteiger partial charge in [-0.25, -0.2) is 9.97 Å². The van der Waals surface area contributed by atoms with Gasteiger partial charge >= 0.3 is 0 Å². The molecular formula is C31H41N7O3. The van der Waals surface area contributed by atoms with Crippen LogP contribution in [0.3, 0.4) is 0 Å². The number of fused-ring (bicyclic) bond motifs is 3. The second-order valence-electron chi connectivity index (χ2n) is 11.5. The highest BCUT2D eigenvalue weighted by molar-refractivity contribution is 5.69. The van der Waals surface area contributed by atoms with E-state index in [1.165, 1.54) is 0 Å². The first kappa shape index (κ1) is 27.8. The summed E-state index contributed by atoms with van der Waals surface area (Å²) in [6, 6.07) is 14.9. The molecule has 2 N–H and O–H groups in total. The molecule has 0 spiro atoms. The van der Waals surface area contributed by atoms with Crippen molar-refractivity contribution in [3.63, 3.8) is 0 Å². The van der Waals surface area contributed by atoms with Crippen LogP contribution in [-0.4, -0.2) is 79.8 Å². The zero-order chi connectivity index (χ0) is 28.4. The highest BCUT2D eigenvalue weighted by atomic mass is 16.5. The standard InChI is InChI=1S/C31H41N7O3/c1-5-37(14-16-39-4)22-11-9-21(10-12-22)34-30-33-18-23-24-19-41-31(2,3)17-27(24)38(29(23)36-30)28-8-6-7-25(35-28)26-20-40-15-13-32-26/h6-12,18,24,26-27,32H,5,13-17,19-20H2,1-4H3,(H,33,34,36). The summed E-state index contributed by atoms with van der Waals surface area (Å²) in [6.45, 7) is 11.8. The maximum Gasteiger partial charge on any atom is 0.229 e. The highest BCUT2D eigenvalue weighted by Crippen LogP contribution is 2.49. The van der Waals surface area contributed by atoms with Crippen LogP contribution in [0.2, 0.25) is 0 Å². The molecule has 6 rings (SSSR count). The number of benzene rings is 1. The zero-order valence-corrected chi connectivity index (χ0v) is 24.5. The Morgan fingerprint density at radius 1 is 1.15 bits per heavy atom. The molecule has 10 nitrogen and oxygen atoms in total. The molecule has 3 aliphatic rings. The Morgan fingerprint density at radius 2 is 2.00 bits per heavy atom. The summed E-state index contributed by atoms with van der Waals surface area (Å²) < 4.78 is 17.3. The first-order valence-electron chi connectivity index (χ1n) is 14.6. The molecular weight excluding hydrogens is 518 g/mol. The highest BCUT2D eigenvalue weighted by Gasteiger charge is 2.48. The van der Waals surface area contributed by atoms with E-state index < -0.39 is 0 Å². The molecule has 10 heteroatoms. The van der Waals surface area contributed by atoms with E-state index in [1.54, 1.807) is 7.11 Å². The van der Waals surface area contributed by atoms with Gasteiger partial charge in [0, 0.05) is 61.8 Å². The fourth-order valence-corrected chi connectivity index (χ4v) is 6.11. The number of morpholine rings is 1. The second-order valence-corrected chi connectivity index (χ2v) is 11.5. The van der Waals surface area contributed by atoms with Crippen molar-refractivity contribution in [2.75, 3.05) is 68.3 Å². The lowest BCUT2D eigenvalue weighted by molar-refractivity contribution is -0.0658. The van der Waals surface area contributed by atoms with Crippen LogP contribution >= 0.6 is 0 Å².